The van der Waals surface area contributed by atoms with Gasteiger partial charge in [0, 0.05) is 24.5 Å². The molecule has 17 heavy (non-hydrogen) atoms. The van der Waals surface area contributed by atoms with Crippen LogP contribution in [0.4, 0.5) is 0 Å². The summed E-state index contributed by atoms with van der Waals surface area (Å²) in [5, 5.41) is 0.751. The van der Waals surface area contributed by atoms with Gasteiger partial charge < -0.3 is 4.90 Å². The van der Waals surface area contributed by atoms with Gasteiger partial charge in [0.25, 0.3) is 0 Å². The largest absolute Gasteiger partial charge is 0.342 e. The van der Waals surface area contributed by atoms with Crippen molar-refractivity contribution in [2.24, 2.45) is 5.92 Å². The third-order valence-corrected chi connectivity index (χ3v) is 3.90. The Morgan fingerprint density at radius 3 is 2.65 bits per heavy atom. The summed E-state index contributed by atoms with van der Waals surface area (Å²) < 4.78 is 0. The number of carbonyl (C=O) groups excluding carboxylic acids is 1. The van der Waals surface area contributed by atoms with Gasteiger partial charge in [0.15, 0.2) is 0 Å². The van der Waals surface area contributed by atoms with Crippen molar-refractivity contribution in [3.63, 3.8) is 0 Å². The number of hydrogen-bond donors (Lipinski definition) is 1. The molecule has 0 radical (unpaired) electrons. The van der Waals surface area contributed by atoms with Gasteiger partial charge in [-0.15, -0.1) is 0 Å². The van der Waals surface area contributed by atoms with Gasteiger partial charge in [-0.25, -0.2) is 0 Å². The molecule has 0 bridgehead atoms. The lowest BCUT2D eigenvalue weighted by Crippen LogP contribution is -2.27. The number of likely N-dealkylation sites (tertiary alicyclic amines) is 1. The third-order valence-electron chi connectivity index (χ3n) is 3.14. The van der Waals surface area contributed by atoms with E-state index in [2.05, 4.69) is 12.6 Å². The lowest BCUT2D eigenvalue weighted by Gasteiger charge is -2.16. The monoisotopic (exact) mass is 269 g/mol. The van der Waals surface area contributed by atoms with E-state index in [4.69, 9.17) is 11.6 Å². The maximum atomic E-state index is 11.7. The molecule has 1 saturated heterocycles. The molecule has 1 aromatic rings. The fourth-order valence-corrected chi connectivity index (χ4v) is 2.48. The van der Waals surface area contributed by atoms with Crippen molar-refractivity contribution in [2.75, 3.05) is 18.8 Å². The number of benzene rings is 1. The van der Waals surface area contributed by atoms with E-state index < -0.39 is 0 Å². The first kappa shape index (κ1) is 12.8. The van der Waals surface area contributed by atoms with Gasteiger partial charge in [-0.05, 0) is 35.8 Å². The first-order valence-electron chi connectivity index (χ1n) is 5.82. The minimum absolute atomic E-state index is 0.262. The first-order valence-corrected chi connectivity index (χ1v) is 6.83. The van der Waals surface area contributed by atoms with Crippen molar-refractivity contribution in [1.82, 2.24) is 4.90 Å². The molecule has 1 aliphatic heterocycles. The van der Waals surface area contributed by atoms with Crippen LogP contribution in [0.1, 0.15) is 12.0 Å². The number of carbonyl (C=O) groups is 1. The lowest BCUT2D eigenvalue weighted by molar-refractivity contribution is -0.127. The second-order valence-electron chi connectivity index (χ2n) is 4.47. The predicted molar refractivity (Wildman–Crippen MR) is 73.7 cm³/mol. The second kappa shape index (κ2) is 5.78. The first-order chi connectivity index (χ1) is 8.19. The zero-order valence-electron chi connectivity index (χ0n) is 9.60. The Balaban J connectivity index is 1.86. The summed E-state index contributed by atoms with van der Waals surface area (Å²) in [6.45, 7) is 1.65. The zero-order valence-corrected chi connectivity index (χ0v) is 11.3. The van der Waals surface area contributed by atoms with E-state index in [1.165, 1.54) is 5.56 Å². The zero-order chi connectivity index (χ0) is 12.3. The highest BCUT2D eigenvalue weighted by Gasteiger charge is 2.27. The molecule has 1 atom stereocenters. The molecule has 1 unspecified atom stereocenters. The average molecular weight is 270 g/mol. The van der Waals surface area contributed by atoms with Crippen LogP contribution in [0.5, 0.6) is 0 Å². The van der Waals surface area contributed by atoms with Crippen LogP contribution in [-0.4, -0.2) is 29.6 Å². The van der Waals surface area contributed by atoms with Crippen LogP contribution in [0.2, 0.25) is 5.02 Å². The number of hydrogen-bond acceptors (Lipinski definition) is 2. The lowest BCUT2D eigenvalue weighted by atomic mass is 10.1. The highest BCUT2D eigenvalue weighted by Crippen LogP contribution is 2.19. The van der Waals surface area contributed by atoms with Crippen LogP contribution < -0.4 is 0 Å². The van der Waals surface area contributed by atoms with Gasteiger partial charge in [0.2, 0.25) is 5.91 Å². The molecule has 1 aromatic carbocycles. The molecule has 1 fully saturated rings. The highest BCUT2D eigenvalue weighted by molar-refractivity contribution is 7.80. The minimum atomic E-state index is 0.262. The van der Waals surface area contributed by atoms with Crippen LogP contribution in [0.15, 0.2) is 24.3 Å². The Bertz CT molecular complexity index is 393. The van der Waals surface area contributed by atoms with E-state index in [1.807, 2.05) is 29.2 Å². The summed E-state index contributed by atoms with van der Waals surface area (Å²) in [7, 11) is 0. The van der Waals surface area contributed by atoms with Crippen LogP contribution >= 0.6 is 24.2 Å². The Morgan fingerprint density at radius 1 is 1.35 bits per heavy atom. The minimum Gasteiger partial charge on any atom is -0.342 e. The van der Waals surface area contributed by atoms with E-state index in [0.29, 0.717) is 12.3 Å². The molecular formula is C13H16ClNOS. The van der Waals surface area contributed by atoms with Gasteiger partial charge in [0.05, 0.1) is 0 Å². The smallest absolute Gasteiger partial charge is 0.222 e. The molecule has 1 heterocycles. The number of halogens is 1. The van der Waals surface area contributed by atoms with E-state index in [9.17, 15) is 4.79 Å². The number of rotatable bonds is 4. The summed E-state index contributed by atoms with van der Waals surface area (Å²) in [4.78, 5) is 13.6. The van der Waals surface area contributed by atoms with E-state index in [0.717, 1.165) is 30.3 Å². The molecule has 2 rings (SSSR count). The number of amides is 1. The van der Waals surface area contributed by atoms with Crippen LogP contribution in [-0.2, 0) is 11.2 Å². The van der Waals surface area contributed by atoms with Crippen molar-refractivity contribution in [3.05, 3.63) is 34.9 Å². The highest BCUT2D eigenvalue weighted by atomic mass is 35.5. The quantitative estimate of drug-likeness (QED) is 0.834. The number of nitrogens with zero attached hydrogens (tertiary/aromatic N) is 1. The second-order valence-corrected chi connectivity index (χ2v) is 5.27. The molecule has 1 aliphatic rings. The maximum absolute atomic E-state index is 11.7. The molecule has 2 nitrogen and oxygen atoms in total. The Labute approximate surface area is 112 Å². The van der Waals surface area contributed by atoms with E-state index in [-0.39, 0.29) is 5.91 Å². The molecule has 0 saturated carbocycles. The van der Waals surface area contributed by atoms with Gasteiger partial charge in [0.1, 0.15) is 0 Å². The maximum Gasteiger partial charge on any atom is 0.222 e. The van der Waals surface area contributed by atoms with Crippen molar-refractivity contribution in [2.45, 2.75) is 12.8 Å². The molecule has 0 N–H and O–H groups in total. The molecule has 4 heteroatoms. The molecule has 0 aliphatic carbocycles. The fourth-order valence-electron chi connectivity index (χ4n) is 2.11. The summed E-state index contributed by atoms with van der Waals surface area (Å²) in [5.74, 6) is 1.48. The van der Waals surface area contributed by atoms with Crippen LogP contribution in [0.3, 0.4) is 0 Å². The van der Waals surface area contributed by atoms with Gasteiger partial charge in [-0.2, -0.15) is 12.6 Å². The predicted octanol–water partition coefficient (Wildman–Crippen LogP) is 2.66. The molecule has 1 amide bonds. The van der Waals surface area contributed by atoms with E-state index >= 15 is 0 Å². The van der Waals surface area contributed by atoms with Crippen molar-refractivity contribution < 1.29 is 4.79 Å². The van der Waals surface area contributed by atoms with Gasteiger partial charge >= 0.3 is 0 Å². The topological polar surface area (TPSA) is 20.3 Å². The standard InChI is InChI=1S/C13H16ClNOS/c14-12-3-1-10(2-4-12)5-6-15-8-11(9-17)7-13(15)16/h1-4,11,17H,5-9H2. The summed E-state index contributed by atoms with van der Waals surface area (Å²) in [6.07, 6.45) is 1.55. The van der Waals surface area contributed by atoms with Crippen molar-refractivity contribution >= 4 is 30.1 Å². The average Bonchev–Trinajstić information content (AvgIpc) is 2.69. The van der Waals surface area contributed by atoms with Crippen molar-refractivity contribution in [3.8, 4) is 0 Å². The number of thiol groups is 1. The molecule has 0 aromatic heterocycles. The van der Waals surface area contributed by atoms with Gasteiger partial charge in [-0.3, -0.25) is 4.79 Å². The van der Waals surface area contributed by atoms with Crippen molar-refractivity contribution in [1.29, 1.82) is 0 Å². The van der Waals surface area contributed by atoms with Gasteiger partial charge in [-0.1, -0.05) is 23.7 Å². The SMILES string of the molecule is O=C1CC(CS)CN1CCc1ccc(Cl)cc1. The van der Waals surface area contributed by atoms with E-state index in [1.54, 1.807) is 0 Å². The summed E-state index contributed by atoms with van der Waals surface area (Å²) in [6, 6.07) is 7.80. The third kappa shape index (κ3) is 3.39. The Kier molecular flexibility index (Phi) is 4.35. The summed E-state index contributed by atoms with van der Waals surface area (Å²) >= 11 is 10.1. The fraction of sp³-hybridized carbons (Fsp3) is 0.462. The molecule has 0 spiro atoms. The summed E-state index contributed by atoms with van der Waals surface area (Å²) in [5.41, 5.74) is 1.22. The molecule has 92 valence electrons. The van der Waals surface area contributed by atoms with Crippen LogP contribution in [0, 0.1) is 5.92 Å². The molecular weight excluding hydrogens is 254 g/mol. The normalized spacial score (nSPS) is 20.0. The Hall–Kier alpha value is -0.670. The Morgan fingerprint density at radius 2 is 2.06 bits per heavy atom. The van der Waals surface area contributed by atoms with Crippen LogP contribution in [0.25, 0.3) is 0 Å².